The highest BCUT2D eigenvalue weighted by Gasteiger charge is 2.18. The monoisotopic (exact) mass is 291 g/mol. The zero-order chi connectivity index (χ0) is 15.2. The van der Waals surface area contributed by atoms with Gasteiger partial charge in [0, 0.05) is 19.7 Å². The smallest absolute Gasteiger partial charge is 0.0916 e. The molecule has 0 radical (unpaired) electrons. The van der Waals surface area contributed by atoms with Gasteiger partial charge >= 0.3 is 0 Å². The quantitative estimate of drug-likeness (QED) is 0.873. The molecule has 1 aliphatic rings. The molecule has 3 nitrogen and oxygen atoms in total. The molecule has 1 aliphatic heterocycles. The molecule has 2 rings (SSSR count). The van der Waals surface area contributed by atoms with E-state index < -0.39 is 6.10 Å². The van der Waals surface area contributed by atoms with E-state index in [2.05, 4.69) is 50.1 Å². The lowest BCUT2D eigenvalue weighted by Gasteiger charge is -2.28. The van der Waals surface area contributed by atoms with Crippen LogP contribution in [-0.2, 0) is 4.74 Å². The van der Waals surface area contributed by atoms with Gasteiger partial charge in [0.05, 0.1) is 12.7 Å². The van der Waals surface area contributed by atoms with Crippen molar-refractivity contribution in [1.29, 1.82) is 0 Å². The fourth-order valence-electron chi connectivity index (χ4n) is 2.97. The van der Waals surface area contributed by atoms with Crippen LogP contribution in [0.3, 0.4) is 0 Å². The van der Waals surface area contributed by atoms with Gasteiger partial charge < -0.3 is 14.7 Å². The second-order valence-corrected chi connectivity index (χ2v) is 6.64. The fraction of sp³-hybridized carbons (Fsp3) is 0.667. The highest BCUT2D eigenvalue weighted by atomic mass is 16.5. The fourth-order valence-corrected chi connectivity index (χ4v) is 2.97. The molecule has 3 heteroatoms. The van der Waals surface area contributed by atoms with Crippen LogP contribution < -0.4 is 0 Å². The summed E-state index contributed by atoms with van der Waals surface area (Å²) in [6.07, 6.45) is 1.99. The maximum Gasteiger partial charge on any atom is 0.0916 e. The molecule has 118 valence electrons. The number of benzene rings is 1. The van der Waals surface area contributed by atoms with E-state index in [0.717, 1.165) is 31.7 Å². The van der Waals surface area contributed by atoms with Crippen molar-refractivity contribution in [2.24, 2.45) is 5.92 Å². The van der Waals surface area contributed by atoms with Crippen LogP contribution in [-0.4, -0.2) is 43.4 Å². The number of ether oxygens (including phenoxy) is 1. The molecule has 2 atom stereocenters. The summed E-state index contributed by atoms with van der Waals surface area (Å²) in [5.41, 5.74) is 2.32. The Kier molecular flexibility index (Phi) is 6.22. The predicted octanol–water partition coefficient (Wildman–Crippen LogP) is 3.20. The Morgan fingerprint density at radius 2 is 1.90 bits per heavy atom. The summed E-state index contributed by atoms with van der Waals surface area (Å²) in [6.45, 7) is 7.82. The molecule has 1 aromatic carbocycles. The van der Waals surface area contributed by atoms with Crippen molar-refractivity contribution in [1.82, 2.24) is 4.90 Å². The molecule has 21 heavy (non-hydrogen) atoms. The molecule has 1 heterocycles. The number of hydrogen-bond donors (Lipinski definition) is 1. The highest BCUT2D eigenvalue weighted by Crippen LogP contribution is 2.20. The van der Waals surface area contributed by atoms with Crippen molar-refractivity contribution in [3.8, 4) is 0 Å². The average molecular weight is 291 g/mol. The molecule has 1 aromatic rings. The number of rotatable bonds is 6. The van der Waals surface area contributed by atoms with Gasteiger partial charge in [0.25, 0.3) is 0 Å². The molecule has 2 unspecified atom stereocenters. The van der Waals surface area contributed by atoms with Gasteiger partial charge in [0.2, 0.25) is 0 Å². The Hall–Kier alpha value is -0.900. The third-order valence-electron chi connectivity index (χ3n) is 4.30. The van der Waals surface area contributed by atoms with Crippen molar-refractivity contribution in [3.63, 3.8) is 0 Å². The molecule has 1 fully saturated rings. The zero-order valence-electron chi connectivity index (χ0n) is 13.6. The maximum atomic E-state index is 10.4. The summed E-state index contributed by atoms with van der Waals surface area (Å²) < 4.78 is 5.52. The largest absolute Gasteiger partial charge is 0.387 e. The first-order chi connectivity index (χ1) is 10.1. The topological polar surface area (TPSA) is 32.7 Å². The van der Waals surface area contributed by atoms with Crippen molar-refractivity contribution < 1.29 is 9.84 Å². The number of hydrogen-bond acceptors (Lipinski definition) is 3. The van der Waals surface area contributed by atoms with Crippen LogP contribution in [0.1, 0.15) is 49.8 Å². The Labute approximate surface area is 128 Å². The van der Waals surface area contributed by atoms with E-state index in [1.165, 1.54) is 12.0 Å². The van der Waals surface area contributed by atoms with Gasteiger partial charge in [-0.2, -0.15) is 0 Å². The molecule has 1 saturated heterocycles. The van der Waals surface area contributed by atoms with E-state index in [0.29, 0.717) is 18.4 Å². The summed E-state index contributed by atoms with van der Waals surface area (Å²) >= 11 is 0. The molecule has 0 bridgehead atoms. The van der Waals surface area contributed by atoms with E-state index in [-0.39, 0.29) is 0 Å². The molecule has 0 amide bonds. The summed E-state index contributed by atoms with van der Waals surface area (Å²) in [7, 11) is 2.08. The lowest BCUT2D eigenvalue weighted by molar-refractivity contribution is 0.0342. The first-order valence-electron chi connectivity index (χ1n) is 8.10. The SMILES string of the molecule is CC(C)c1ccc(C(O)CN(C)CC2CCCOC2)cc1. The Bertz CT molecular complexity index is 410. The Morgan fingerprint density at radius 3 is 2.48 bits per heavy atom. The summed E-state index contributed by atoms with van der Waals surface area (Å²) in [5.74, 6) is 1.14. The van der Waals surface area contributed by atoms with Crippen molar-refractivity contribution in [3.05, 3.63) is 35.4 Å². The van der Waals surface area contributed by atoms with Crippen LogP contribution in [0.4, 0.5) is 0 Å². The standard InChI is InChI=1S/C18H29NO2/c1-14(2)16-6-8-17(9-7-16)18(20)12-19(3)11-15-5-4-10-21-13-15/h6-9,14-15,18,20H,4-5,10-13H2,1-3H3. The minimum absolute atomic E-state index is 0.416. The third kappa shape index (κ3) is 5.10. The lowest BCUT2D eigenvalue weighted by Crippen LogP contribution is -2.33. The molecule has 1 N–H and O–H groups in total. The molecule has 0 aromatic heterocycles. The average Bonchev–Trinajstić information content (AvgIpc) is 2.48. The van der Waals surface area contributed by atoms with Crippen molar-refractivity contribution in [2.75, 3.05) is 33.4 Å². The van der Waals surface area contributed by atoms with E-state index in [1.807, 2.05) is 0 Å². The highest BCUT2D eigenvalue weighted by molar-refractivity contribution is 5.26. The minimum atomic E-state index is -0.416. The van der Waals surface area contributed by atoms with Gasteiger partial charge in [0.1, 0.15) is 0 Å². The number of likely N-dealkylation sites (N-methyl/N-ethyl adjacent to an activating group) is 1. The van der Waals surface area contributed by atoms with Crippen molar-refractivity contribution >= 4 is 0 Å². The molecular weight excluding hydrogens is 262 g/mol. The molecule has 0 spiro atoms. The first-order valence-corrected chi connectivity index (χ1v) is 8.10. The number of aliphatic hydroxyl groups is 1. The van der Waals surface area contributed by atoms with Crippen LogP contribution in [0.15, 0.2) is 24.3 Å². The first kappa shape index (κ1) is 16.5. The zero-order valence-corrected chi connectivity index (χ0v) is 13.6. The third-order valence-corrected chi connectivity index (χ3v) is 4.30. The van der Waals surface area contributed by atoms with Crippen LogP contribution in [0.5, 0.6) is 0 Å². The van der Waals surface area contributed by atoms with Gasteiger partial charge in [-0.25, -0.2) is 0 Å². The Morgan fingerprint density at radius 1 is 1.24 bits per heavy atom. The molecular formula is C18H29NO2. The summed E-state index contributed by atoms with van der Waals surface area (Å²) in [5, 5.41) is 10.4. The van der Waals surface area contributed by atoms with E-state index in [9.17, 15) is 5.11 Å². The normalized spacial score (nSPS) is 21.0. The van der Waals surface area contributed by atoms with Crippen LogP contribution in [0.2, 0.25) is 0 Å². The summed E-state index contributed by atoms with van der Waals surface area (Å²) in [6, 6.07) is 8.35. The van der Waals surface area contributed by atoms with Gasteiger partial charge in [-0.15, -0.1) is 0 Å². The van der Waals surface area contributed by atoms with Gasteiger partial charge in [-0.05, 0) is 42.9 Å². The summed E-state index contributed by atoms with van der Waals surface area (Å²) in [4.78, 5) is 2.22. The van der Waals surface area contributed by atoms with Gasteiger partial charge in [-0.3, -0.25) is 0 Å². The maximum absolute atomic E-state index is 10.4. The van der Waals surface area contributed by atoms with Gasteiger partial charge in [-0.1, -0.05) is 38.1 Å². The minimum Gasteiger partial charge on any atom is -0.387 e. The van der Waals surface area contributed by atoms with Gasteiger partial charge in [0.15, 0.2) is 0 Å². The lowest BCUT2D eigenvalue weighted by atomic mass is 9.99. The van der Waals surface area contributed by atoms with Crippen LogP contribution >= 0.6 is 0 Å². The predicted molar refractivity (Wildman–Crippen MR) is 86.5 cm³/mol. The van der Waals surface area contributed by atoms with E-state index >= 15 is 0 Å². The number of aliphatic hydroxyl groups excluding tert-OH is 1. The molecule has 0 aliphatic carbocycles. The van der Waals surface area contributed by atoms with E-state index in [1.54, 1.807) is 0 Å². The van der Waals surface area contributed by atoms with Crippen molar-refractivity contribution in [2.45, 2.75) is 38.7 Å². The Balaban J connectivity index is 1.83. The molecule has 0 saturated carbocycles. The second kappa shape index (κ2) is 7.92. The van der Waals surface area contributed by atoms with Crippen LogP contribution in [0.25, 0.3) is 0 Å². The number of nitrogens with zero attached hydrogens (tertiary/aromatic N) is 1. The second-order valence-electron chi connectivity index (χ2n) is 6.64. The van der Waals surface area contributed by atoms with Crippen LogP contribution in [0, 0.1) is 5.92 Å². The van der Waals surface area contributed by atoms with E-state index in [4.69, 9.17) is 4.74 Å².